The van der Waals surface area contributed by atoms with Crippen LogP contribution in [0.3, 0.4) is 0 Å². The predicted molar refractivity (Wildman–Crippen MR) is 217 cm³/mol. The van der Waals surface area contributed by atoms with Gasteiger partial charge < -0.3 is 4.57 Å². The molecular weight excluding hydrogens is 640 g/mol. The van der Waals surface area contributed by atoms with Crippen LogP contribution in [0.4, 0.5) is 0 Å². The predicted octanol–water partition coefficient (Wildman–Crippen LogP) is 11.0. The molecule has 2 aromatic heterocycles. The van der Waals surface area contributed by atoms with Crippen molar-refractivity contribution in [1.82, 2.24) is 9.38 Å². The third-order valence-corrected chi connectivity index (χ3v) is 13.8. The summed E-state index contributed by atoms with van der Waals surface area (Å²) in [5.74, 6) is 0. The van der Waals surface area contributed by atoms with Gasteiger partial charge in [-0.15, -0.1) is 0 Å². The van der Waals surface area contributed by atoms with Gasteiger partial charge in [0.25, 0.3) is 0 Å². The summed E-state index contributed by atoms with van der Waals surface area (Å²) in [5.41, 5.74) is 3.86. The Bertz CT molecular complexity index is 3300. The van der Waals surface area contributed by atoms with Crippen LogP contribution in [0, 0.1) is 0 Å². The molecular formula is C47H29N2OP. The van der Waals surface area contributed by atoms with Crippen molar-refractivity contribution in [3.63, 3.8) is 0 Å². The van der Waals surface area contributed by atoms with Crippen molar-refractivity contribution in [2.75, 3.05) is 0 Å². The molecule has 1 unspecified atom stereocenters. The zero-order chi connectivity index (χ0) is 33.7. The van der Waals surface area contributed by atoms with E-state index >= 15 is 4.57 Å². The monoisotopic (exact) mass is 668 g/mol. The maximum absolute atomic E-state index is 16.2. The van der Waals surface area contributed by atoms with E-state index in [0.29, 0.717) is 0 Å². The lowest BCUT2D eigenvalue weighted by molar-refractivity contribution is 0.592. The Labute approximate surface area is 293 Å². The molecule has 0 aliphatic heterocycles. The van der Waals surface area contributed by atoms with Gasteiger partial charge in [0.2, 0.25) is 0 Å². The minimum Gasteiger partial charge on any atom is -0.309 e. The molecule has 1 atom stereocenters. The molecule has 0 saturated carbocycles. The van der Waals surface area contributed by atoms with Gasteiger partial charge in [0.15, 0.2) is 7.14 Å². The lowest BCUT2D eigenvalue weighted by Crippen LogP contribution is -2.25. The third-order valence-electron chi connectivity index (χ3n) is 10.8. The Kier molecular flexibility index (Phi) is 5.94. The SMILES string of the molecule is O=P(c1ccc2ccccc2c1)(c1ccc2c(ccc3ccccc32)c1)c1ccc2c(c1)nc1c3ccccc3c3ccc4ccccc4c3n21. The Morgan fingerprint density at radius 3 is 1.73 bits per heavy atom. The van der Waals surface area contributed by atoms with Crippen molar-refractivity contribution >= 4 is 105 Å². The van der Waals surface area contributed by atoms with E-state index in [4.69, 9.17) is 4.98 Å². The van der Waals surface area contributed by atoms with Gasteiger partial charge in [-0.05, 0) is 73.4 Å². The first kappa shape index (κ1) is 28.5. The number of pyridine rings is 1. The van der Waals surface area contributed by atoms with Crippen LogP contribution in [0.25, 0.3) is 81.4 Å². The zero-order valence-corrected chi connectivity index (χ0v) is 28.4. The van der Waals surface area contributed by atoms with Crippen LogP contribution in [0.2, 0.25) is 0 Å². The lowest BCUT2D eigenvalue weighted by Gasteiger charge is -2.21. The van der Waals surface area contributed by atoms with Gasteiger partial charge in [-0.1, -0.05) is 146 Å². The standard InChI is InChI=1S/C47H29N2OP/c50-51(35-21-19-30-9-1-2-12-33(30)27-35,36-22-25-39-34(28-36)18-17-31-10-3-5-13-38(31)39)37-23-26-45-44(29-37)48-47-43-16-8-7-15-41(43)42-24-20-32-11-4-6-14-40(32)46(42)49(45)47/h1-29H. The molecule has 4 heteroatoms. The van der Waals surface area contributed by atoms with Gasteiger partial charge in [-0.3, -0.25) is 4.40 Å². The first-order valence-corrected chi connectivity index (χ1v) is 19.0. The van der Waals surface area contributed by atoms with E-state index in [9.17, 15) is 0 Å². The van der Waals surface area contributed by atoms with Crippen LogP contribution in [0.5, 0.6) is 0 Å². The number of hydrogen-bond donors (Lipinski definition) is 0. The Morgan fingerprint density at radius 2 is 0.902 bits per heavy atom. The summed E-state index contributed by atoms with van der Waals surface area (Å²) < 4.78 is 18.5. The summed E-state index contributed by atoms with van der Waals surface area (Å²) in [7, 11) is -3.38. The molecule has 0 fully saturated rings. The average Bonchev–Trinajstić information content (AvgIpc) is 3.59. The Balaban J connectivity index is 1.22. The number of fused-ring (bicyclic) bond motifs is 14. The maximum Gasteiger partial charge on any atom is 0.171 e. The fourth-order valence-corrected chi connectivity index (χ4v) is 11.0. The van der Waals surface area contributed by atoms with Crippen molar-refractivity contribution < 1.29 is 4.57 Å². The van der Waals surface area contributed by atoms with Gasteiger partial charge >= 0.3 is 0 Å². The number of rotatable bonds is 3. The molecule has 238 valence electrons. The second-order valence-electron chi connectivity index (χ2n) is 13.5. The van der Waals surface area contributed by atoms with Gasteiger partial charge in [-0.2, -0.15) is 0 Å². The second kappa shape index (κ2) is 10.6. The molecule has 0 spiro atoms. The maximum atomic E-state index is 16.2. The number of nitrogens with zero attached hydrogens (tertiary/aromatic N) is 2. The Morgan fingerprint density at radius 1 is 0.392 bits per heavy atom. The number of imidazole rings is 1. The molecule has 0 aliphatic rings. The summed E-state index contributed by atoms with van der Waals surface area (Å²) in [6.07, 6.45) is 0. The normalized spacial score (nSPS) is 13.3. The molecule has 0 amide bonds. The van der Waals surface area contributed by atoms with Crippen LogP contribution in [0.1, 0.15) is 0 Å². The quantitative estimate of drug-likeness (QED) is 0.139. The number of hydrogen-bond acceptors (Lipinski definition) is 2. The molecule has 9 aromatic carbocycles. The molecule has 2 heterocycles. The van der Waals surface area contributed by atoms with Crippen LogP contribution in [-0.2, 0) is 4.57 Å². The zero-order valence-electron chi connectivity index (χ0n) is 27.5. The highest BCUT2D eigenvalue weighted by Crippen LogP contribution is 2.45. The molecule has 0 saturated heterocycles. The van der Waals surface area contributed by atoms with Crippen molar-refractivity contribution in [3.8, 4) is 0 Å². The molecule has 51 heavy (non-hydrogen) atoms. The van der Waals surface area contributed by atoms with Crippen LogP contribution >= 0.6 is 7.14 Å². The topological polar surface area (TPSA) is 34.4 Å². The summed E-state index contributed by atoms with van der Waals surface area (Å²) >= 11 is 0. The molecule has 3 nitrogen and oxygen atoms in total. The van der Waals surface area contributed by atoms with E-state index in [1.54, 1.807) is 0 Å². The van der Waals surface area contributed by atoms with E-state index in [0.717, 1.165) is 65.0 Å². The van der Waals surface area contributed by atoms with E-state index in [2.05, 4.69) is 168 Å². The largest absolute Gasteiger partial charge is 0.309 e. The third kappa shape index (κ3) is 4.07. The first-order valence-electron chi connectivity index (χ1n) is 17.3. The summed E-state index contributed by atoms with van der Waals surface area (Å²) in [6, 6.07) is 61.5. The minimum atomic E-state index is -3.38. The molecule has 0 radical (unpaired) electrons. The minimum absolute atomic E-state index is 0.771. The van der Waals surface area contributed by atoms with Crippen LogP contribution in [-0.4, -0.2) is 9.38 Å². The van der Waals surface area contributed by atoms with Crippen LogP contribution in [0.15, 0.2) is 176 Å². The molecule has 0 bridgehead atoms. The van der Waals surface area contributed by atoms with Gasteiger partial charge in [0.05, 0.1) is 16.6 Å². The highest BCUT2D eigenvalue weighted by molar-refractivity contribution is 7.85. The first-order chi connectivity index (χ1) is 25.1. The molecule has 0 aliphatic carbocycles. The fraction of sp³-hybridized carbons (Fsp3) is 0. The molecule has 11 aromatic rings. The highest BCUT2D eigenvalue weighted by atomic mass is 31.2. The Hall–Kier alpha value is -6.28. The van der Waals surface area contributed by atoms with Crippen molar-refractivity contribution in [2.45, 2.75) is 0 Å². The number of aromatic nitrogens is 2. The lowest BCUT2D eigenvalue weighted by atomic mass is 10.0. The molecule has 0 N–H and O–H groups in total. The average molecular weight is 669 g/mol. The fourth-order valence-electron chi connectivity index (χ4n) is 8.31. The van der Waals surface area contributed by atoms with Gasteiger partial charge in [0.1, 0.15) is 5.65 Å². The highest BCUT2D eigenvalue weighted by Gasteiger charge is 2.31. The number of benzene rings is 9. The van der Waals surface area contributed by atoms with E-state index in [-0.39, 0.29) is 0 Å². The smallest absolute Gasteiger partial charge is 0.171 e. The summed E-state index contributed by atoms with van der Waals surface area (Å²) in [6.45, 7) is 0. The summed E-state index contributed by atoms with van der Waals surface area (Å²) in [4.78, 5) is 5.34. The van der Waals surface area contributed by atoms with Crippen molar-refractivity contribution in [3.05, 3.63) is 176 Å². The van der Waals surface area contributed by atoms with E-state index in [1.165, 1.54) is 32.3 Å². The van der Waals surface area contributed by atoms with Crippen LogP contribution < -0.4 is 15.9 Å². The van der Waals surface area contributed by atoms with Crippen molar-refractivity contribution in [1.29, 1.82) is 0 Å². The van der Waals surface area contributed by atoms with E-state index < -0.39 is 7.14 Å². The second-order valence-corrected chi connectivity index (χ2v) is 16.3. The van der Waals surface area contributed by atoms with Crippen molar-refractivity contribution in [2.24, 2.45) is 0 Å². The molecule has 11 rings (SSSR count). The van der Waals surface area contributed by atoms with Gasteiger partial charge in [-0.25, -0.2) is 4.98 Å². The van der Waals surface area contributed by atoms with Gasteiger partial charge in [0, 0.05) is 32.1 Å². The van der Waals surface area contributed by atoms with E-state index in [1.807, 2.05) is 12.1 Å². The summed E-state index contributed by atoms with van der Waals surface area (Å²) in [5, 5.41) is 15.0.